The first kappa shape index (κ1) is 22.2. The van der Waals surface area contributed by atoms with Gasteiger partial charge in [-0.25, -0.2) is 4.98 Å². The summed E-state index contributed by atoms with van der Waals surface area (Å²) in [6, 6.07) is 20.7. The van der Waals surface area contributed by atoms with E-state index in [9.17, 15) is 4.79 Å². The van der Waals surface area contributed by atoms with Gasteiger partial charge in [-0.05, 0) is 68.1 Å². The molecule has 4 aromatic rings. The highest BCUT2D eigenvalue weighted by Crippen LogP contribution is 2.36. The molecule has 0 spiro atoms. The molecule has 2 heterocycles. The van der Waals surface area contributed by atoms with Crippen LogP contribution in [0.2, 0.25) is 0 Å². The number of rotatable bonds is 6. The zero-order chi connectivity index (χ0) is 23.8. The van der Waals surface area contributed by atoms with Crippen LogP contribution in [0, 0.1) is 27.7 Å². The van der Waals surface area contributed by atoms with Crippen molar-refractivity contribution in [3.05, 3.63) is 88.7 Å². The molecular weight excluding hydrogens is 422 g/mol. The van der Waals surface area contributed by atoms with Crippen LogP contribution in [-0.4, -0.2) is 28.6 Å². The van der Waals surface area contributed by atoms with Crippen LogP contribution in [0.5, 0.6) is 5.75 Å². The van der Waals surface area contributed by atoms with Gasteiger partial charge in [0.25, 0.3) is 0 Å². The standard InChI is InChI=1S/C29H31N3O2/c1-19-12-13-20(2)26(16-19)34-15-14-31-25-11-6-5-10-24(25)30-29(31)23-17-27(33)32(18-23)28-21(3)8-7-9-22(28)4/h5-13,16,23H,14-15,17-18H2,1-4H3/t23-/m0/s1. The number of aryl methyl sites for hydroxylation is 4. The van der Waals surface area contributed by atoms with Crippen molar-refractivity contribution < 1.29 is 9.53 Å². The Morgan fingerprint density at radius 2 is 1.71 bits per heavy atom. The molecule has 1 amide bonds. The minimum atomic E-state index is 0.0413. The van der Waals surface area contributed by atoms with Gasteiger partial charge < -0.3 is 14.2 Å². The fourth-order valence-corrected chi connectivity index (χ4v) is 5.08. The molecule has 0 bridgehead atoms. The van der Waals surface area contributed by atoms with E-state index in [1.807, 2.05) is 29.2 Å². The van der Waals surface area contributed by atoms with Gasteiger partial charge in [0, 0.05) is 24.6 Å². The average molecular weight is 454 g/mol. The number of hydrogen-bond acceptors (Lipinski definition) is 3. The number of anilines is 1. The quantitative estimate of drug-likeness (QED) is 0.367. The van der Waals surface area contributed by atoms with E-state index in [0.717, 1.165) is 45.0 Å². The van der Waals surface area contributed by atoms with Gasteiger partial charge in [0.15, 0.2) is 0 Å². The zero-order valence-corrected chi connectivity index (χ0v) is 20.3. The summed E-state index contributed by atoms with van der Waals surface area (Å²) in [5.41, 5.74) is 7.66. The van der Waals surface area contributed by atoms with Crippen molar-refractivity contribution in [3.63, 3.8) is 0 Å². The largest absolute Gasteiger partial charge is 0.491 e. The minimum absolute atomic E-state index is 0.0413. The van der Waals surface area contributed by atoms with Gasteiger partial charge in [-0.1, -0.05) is 42.5 Å². The summed E-state index contributed by atoms with van der Waals surface area (Å²) in [6.07, 6.45) is 0.467. The van der Waals surface area contributed by atoms with E-state index in [1.54, 1.807) is 0 Å². The first-order valence-electron chi connectivity index (χ1n) is 11.9. The summed E-state index contributed by atoms with van der Waals surface area (Å²) in [4.78, 5) is 20.1. The van der Waals surface area contributed by atoms with Gasteiger partial charge in [-0.2, -0.15) is 0 Å². The number of nitrogens with zero attached hydrogens (tertiary/aromatic N) is 3. The topological polar surface area (TPSA) is 47.4 Å². The Morgan fingerprint density at radius 3 is 2.50 bits per heavy atom. The lowest BCUT2D eigenvalue weighted by atomic mass is 10.1. The number of carbonyl (C=O) groups excluding carboxylic acids is 1. The lowest BCUT2D eigenvalue weighted by Gasteiger charge is -2.21. The van der Waals surface area contributed by atoms with E-state index in [2.05, 4.69) is 68.7 Å². The van der Waals surface area contributed by atoms with Crippen molar-refractivity contribution in [2.45, 2.75) is 46.6 Å². The molecule has 5 nitrogen and oxygen atoms in total. The lowest BCUT2D eigenvalue weighted by molar-refractivity contribution is -0.117. The molecule has 0 saturated carbocycles. The normalized spacial score (nSPS) is 15.9. The number of para-hydroxylation sites is 3. The van der Waals surface area contributed by atoms with Crippen molar-refractivity contribution in [1.82, 2.24) is 9.55 Å². The Labute approximate surface area is 201 Å². The summed E-state index contributed by atoms with van der Waals surface area (Å²) < 4.78 is 8.42. The molecular formula is C29H31N3O2. The predicted molar refractivity (Wildman–Crippen MR) is 137 cm³/mol. The van der Waals surface area contributed by atoms with Crippen molar-refractivity contribution in [3.8, 4) is 5.75 Å². The van der Waals surface area contributed by atoms with Crippen molar-refractivity contribution >= 4 is 22.6 Å². The van der Waals surface area contributed by atoms with E-state index < -0.39 is 0 Å². The molecule has 1 fully saturated rings. The number of aromatic nitrogens is 2. The molecule has 1 aliphatic heterocycles. The molecule has 3 aromatic carbocycles. The number of imidazole rings is 1. The summed E-state index contributed by atoms with van der Waals surface area (Å²) in [6.45, 7) is 10.2. The third-order valence-corrected chi connectivity index (χ3v) is 6.80. The number of carbonyl (C=O) groups is 1. The fourth-order valence-electron chi connectivity index (χ4n) is 5.08. The van der Waals surface area contributed by atoms with Crippen molar-refractivity contribution in [2.24, 2.45) is 0 Å². The predicted octanol–water partition coefficient (Wildman–Crippen LogP) is 5.87. The Bertz CT molecular complexity index is 1350. The van der Waals surface area contributed by atoms with Crippen LogP contribution in [0.25, 0.3) is 11.0 Å². The highest BCUT2D eigenvalue weighted by Gasteiger charge is 2.35. The number of ether oxygens (including phenoxy) is 1. The summed E-state index contributed by atoms with van der Waals surface area (Å²) in [5, 5.41) is 0. The van der Waals surface area contributed by atoms with E-state index >= 15 is 0 Å². The fraction of sp³-hybridized carbons (Fsp3) is 0.310. The molecule has 0 N–H and O–H groups in total. The van der Waals surface area contributed by atoms with Gasteiger partial charge in [0.05, 0.1) is 17.6 Å². The second-order valence-electron chi connectivity index (χ2n) is 9.37. The molecule has 1 aromatic heterocycles. The molecule has 0 unspecified atom stereocenters. The lowest BCUT2D eigenvalue weighted by Crippen LogP contribution is -2.26. The van der Waals surface area contributed by atoms with Gasteiger partial charge in [0.2, 0.25) is 5.91 Å². The highest BCUT2D eigenvalue weighted by atomic mass is 16.5. The average Bonchev–Trinajstić information content (AvgIpc) is 3.37. The van der Waals surface area contributed by atoms with Crippen LogP contribution < -0.4 is 9.64 Å². The Morgan fingerprint density at radius 1 is 0.941 bits per heavy atom. The molecule has 174 valence electrons. The number of amides is 1. The second kappa shape index (κ2) is 8.98. The monoisotopic (exact) mass is 453 g/mol. The number of hydrogen-bond donors (Lipinski definition) is 0. The van der Waals surface area contributed by atoms with Crippen molar-refractivity contribution in [1.29, 1.82) is 0 Å². The SMILES string of the molecule is Cc1ccc(C)c(OCCn2c([C@H]3CC(=O)N(c4c(C)cccc4C)C3)nc3ccccc32)c1. The van der Waals surface area contributed by atoms with Crippen LogP contribution in [0.15, 0.2) is 60.7 Å². The molecule has 1 aliphatic rings. The molecule has 0 aliphatic carbocycles. The maximum absolute atomic E-state index is 13.1. The smallest absolute Gasteiger partial charge is 0.227 e. The van der Waals surface area contributed by atoms with Crippen LogP contribution in [0.1, 0.15) is 40.4 Å². The van der Waals surface area contributed by atoms with E-state index in [-0.39, 0.29) is 11.8 Å². The third-order valence-electron chi connectivity index (χ3n) is 6.80. The second-order valence-corrected chi connectivity index (χ2v) is 9.37. The van der Waals surface area contributed by atoms with Gasteiger partial charge in [-0.3, -0.25) is 4.79 Å². The minimum Gasteiger partial charge on any atom is -0.491 e. The van der Waals surface area contributed by atoms with Crippen molar-refractivity contribution in [2.75, 3.05) is 18.1 Å². The van der Waals surface area contributed by atoms with Gasteiger partial charge >= 0.3 is 0 Å². The summed E-state index contributed by atoms with van der Waals surface area (Å²) in [7, 11) is 0. The van der Waals surface area contributed by atoms with Gasteiger partial charge in [-0.15, -0.1) is 0 Å². The zero-order valence-electron chi connectivity index (χ0n) is 20.3. The maximum Gasteiger partial charge on any atom is 0.227 e. The Kier molecular flexibility index (Phi) is 5.86. The molecule has 5 heteroatoms. The third kappa shape index (κ3) is 4.07. The van der Waals surface area contributed by atoms with Crippen LogP contribution in [-0.2, 0) is 11.3 Å². The van der Waals surface area contributed by atoms with E-state index in [4.69, 9.17) is 9.72 Å². The van der Waals surface area contributed by atoms with Gasteiger partial charge in [0.1, 0.15) is 18.2 Å². The van der Waals surface area contributed by atoms with E-state index in [1.165, 1.54) is 5.56 Å². The van der Waals surface area contributed by atoms with Crippen LogP contribution >= 0.6 is 0 Å². The maximum atomic E-state index is 13.1. The summed E-state index contributed by atoms with van der Waals surface area (Å²) in [5.74, 6) is 2.09. The summed E-state index contributed by atoms with van der Waals surface area (Å²) >= 11 is 0. The molecule has 34 heavy (non-hydrogen) atoms. The van der Waals surface area contributed by atoms with E-state index in [0.29, 0.717) is 26.1 Å². The Hall–Kier alpha value is -3.60. The molecule has 5 rings (SSSR count). The first-order valence-corrected chi connectivity index (χ1v) is 11.9. The molecule has 1 atom stereocenters. The number of fused-ring (bicyclic) bond motifs is 1. The Balaban J connectivity index is 1.43. The molecule has 0 radical (unpaired) electrons. The van der Waals surface area contributed by atoms with Crippen LogP contribution in [0.4, 0.5) is 5.69 Å². The molecule has 1 saturated heterocycles. The van der Waals surface area contributed by atoms with Crippen LogP contribution in [0.3, 0.4) is 0 Å². The number of benzene rings is 3. The highest BCUT2D eigenvalue weighted by molar-refractivity contribution is 5.98. The first-order chi connectivity index (χ1) is 16.4.